The van der Waals surface area contributed by atoms with Gasteiger partial charge in [0.15, 0.2) is 0 Å². The van der Waals surface area contributed by atoms with Crippen LogP contribution >= 0.6 is 0 Å². The van der Waals surface area contributed by atoms with Crippen molar-refractivity contribution in [1.82, 2.24) is 9.78 Å². The summed E-state index contributed by atoms with van der Waals surface area (Å²) in [6.07, 6.45) is 7.93. The zero-order valence-corrected chi connectivity index (χ0v) is 11.9. The summed E-state index contributed by atoms with van der Waals surface area (Å²) >= 11 is 0. The number of nitrogens with zero attached hydrogens (tertiary/aromatic N) is 3. The Bertz CT molecular complexity index is 508. The predicted octanol–water partition coefficient (Wildman–Crippen LogP) is 1.39. The van der Waals surface area contributed by atoms with Crippen LogP contribution in [0, 0.1) is 5.92 Å². The summed E-state index contributed by atoms with van der Waals surface area (Å²) in [6.45, 7) is 2.67. The van der Waals surface area contributed by atoms with Gasteiger partial charge >= 0.3 is 0 Å². The van der Waals surface area contributed by atoms with E-state index in [1.807, 2.05) is 0 Å². The molecule has 5 nitrogen and oxygen atoms in total. The fraction of sp³-hybridized carbons (Fsp3) is 0.733. The van der Waals surface area contributed by atoms with Gasteiger partial charge in [0.1, 0.15) is 0 Å². The van der Waals surface area contributed by atoms with Crippen molar-refractivity contribution in [3.63, 3.8) is 0 Å². The van der Waals surface area contributed by atoms with Crippen LogP contribution in [-0.2, 0) is 6.54 Å². The quantitative estimate of drug-likeness (QED) is 0.903. The highest BCUT2D eigenvalue weighted by Gasteiger charge is 2.25. The minimum Gasteiger partial charge on any atom is -0.393 e. The molecule has 1 aromatic rings. The zero-order valence-electron chi connectivity index (χ0n) is 11.9. The lowest BCUT2D eigenvalue weighted by Gasteiger charge is -2.18. The van der Waals surface area contributed by atoms with Gasteiger partial charge in [0.05, 0.1) is 18.0 Å². The summed E-state index contributed by atoms with van der Waals surface area (Å²) in [4.78, 5) is 14.3. The van der Waals surface area contributed by atoms with E-state index >= 15 is 0 Å². The summed E-state index contributed by atoms with van der Waals surface area (Å²) in [7, 11) is 0. The van der Waals surface area contributed by atoms with Crippen LogP contribution in [0.15, 0.2) is 17.1 Å². The highest BCUT2D eigenvalue weighted by Crippen LogP contribution is 2.28. The monoisotopic (exact) mass is 277 g/mol. The van der Waals surface area contributed by atoms with Crippen LogP contribution < -0.4 is 10.5 Å². The van der Waals surface area contributed by atoms with Crippen LogP contribution in [0.2, 0.25) is 0 Å². The van der Waals surface area contributed by atoms with E-state index in [4.69, 9.17) is 0 Å². The smallest absolute Gasteiger partial charge is 0.268 e. The van der Waals surface area contributed by atoms with Crippen LogP contribution in [0.25, 0.3) is 0 Å². The molecule has 20 heavy (non-hydrogen) atoms. The molecule has 2 aliphatic rings. The van der Waals surface area contributed by atoms with Gasteiger partial charge < -0.3 is 10.0 Å². The third-order valence-electron chi connectivity index (χ3n) is 4.66. The Morgan fingerprint density at radius 3 is 2.70 bits per heavy atom. The first kappa shape index (κ1) is 13.6. The van der Waals surface area contributed by atoms with E-state index in [2.05, 4.69) is 10.00 Å². The Hall–Kier alpha value is -1.36. The lowest BCUT2D eigenvalue weighted by Crippen LogP contribution is -2.27. The fourth-order valence-corrected chi connectivity index (χ4v) is 3.38. The van der Waals surface area contributed by atoms with Crippen molar-refractivity contribution in [1.29, 1.82) is 0 Å². The molecule has 1 N–H and O–H groups in total. The minimum absolute atomic E-state index is 0.0260. The second-order valence-electron chi connectivity index (χ2n) is 6.02. The Balaban J connectivity index is 1.63. The molecule has 2 unspecified atom stereocenters. The maximum atomic E-state index is 12.1. The first-order valence-electron chi connectivity index (χ1n) is 7.74. The summed E-state index contributed by atoms with van der Waals surface area (Å²) in [5.41, 5.74) is 0.923. The van der Waals surface area contributed by atoms with Gasteiger partial charge in [-0.2, -0.15) is 5.10 Å². The van der Waals surface area contributed by atoms with Crippen LogP contribution in [0.1, 0.15) is 38.5 Å². The highest BCUT2D eigenvalue weighted by atomic mass is 16.3. The molecule has 2 fully saturated rings. The SMILES string of the molecule is O=c1cc(N2CCCC2)cnn1CCC1CCCC1O. The Morgan fingerprint density at radius 1 is 1.25 bits per heavy atom. The van der Waals surface area contributed by atoms with E-state index < -0.39 is 0 Å². The van der Waals surface area contributed by atoms with E-state index in [0.717, 1.165) is 44.5 Å². The molecule has 110 valence electrons. The van der Waals surface area contributed by atoms with Crippen molar-refractivity contribution in [3.8, 4) is 0 Å². The van der Waals surface area contributed by atoms with Crippen LogP contribution in [0.5, 0.6) is 0 Å². The maximum absolute atomic E-state index is 12.1. The average molecular weight is 277 g/mol. The van der Waals surface area contributed by atoms with Crippen LogP contribution in [0.4, 0.5) is 5.69 Å². The number of aliphatic hydroxyl groups is 1. The van der Waals surface area contributed by atoms with Crippen molar-refractivity contribution in [2.24, 2.45) is 5.92 Å². The molecule has 1 aliphatic heterocycles. The molecule has 0 amide bonds. The number of hydrogen-bond acceptors (Lipinski definition) is 4. The maximum Gasteiger partial charge on any atom is 0.268 e. The number of aromatic nitrogens is 2. The molecule has 5 heteroatoms. The normalized spacial score (nSPS) is 26.4. The molecule has 2 atom stereocenters. The molecular formula is C15H23N3O2. The summed E-state index contributed by atoms with van der Waals surface area (Å²) < 4.78 is 1.53. The first-order chi connectivity index (χ1) is 9.74. The molecule has 2 heterocycles. The summed E-state index contributed by atoms with van der Waals surface area (Å²) in [5, 5.41) is 14.1. The number of anilines is 1. The fourth-order valence-electron chi connectivity index (χ4n) is 3.38. The summed E-state index contributed by atoms with van der Waals surface area (Å²) in [6, 6.07) is 1.70. The number of hydrogen-bond donors (Lipinski definition) is 1. The summed E-state index contributed by atoms with van der Waals surface area (Å²) in [5.74, 6) is 0.335. The third kappa shape index (κ3) is 2.87. The lowest BCUT2D eigenvalue weighted by molar-refractivity contribution is 0.124. The van der Waals surface area contributed by atoms with Gasteiger partial charge in [0.25, 0.3) is 5.56 Å². The molecule has 3 rings (SSSR count). The second-order valence-corrected chi connectivity index (χ2v) is 6.02. The third-order valence-corrected chi connectivity index (χ3v) is 4.66. The Kier molecular flexibility index (Phi) is 4.05. The van der Waals surface area contributed by atoms with Crippen molar-refractivity contribution < 1.29 is 5.11 Å². The van der Waals surface area contributed by atoms with Crippen molar-refractivity contribution in [3.05, 3.63) is 22.6 Å². The lowest BCUT2D eigenvalue weighted by atomic mass is 10.0. The molecule has 1 saturated carbocycles. The van der Waals surface area contributed by atoms with Gasteiger partial charge in [-0.1, -0.05) is 6.42 Å². The topological polar surface area (TPSA) is 58.4 Å². The van der Waals surface area contributed by atoms with Crippen molar-refractivity contribution in [2.45, 2.75) is 51.2 Å². The van der Waals surface area contributed by atoms with E-state index in [-0.39, 0.29) is 11.7 Å². The first-order valence-corrected chi connectivity index (χ1v) is 7.74. The molecule has 1 aliphatic carbocycles. The van der Waals surface area contributed by atoms with Gasteiger partial charge in [0, 0.05) is 25.7 Å². The molecule has 0 aromatic carbocycles. The van der Waals surface area contributed by atoms with E-state index in [0.29, 0.717) is 12.5 Å². The Labute approximate surface area is 119 Å². The van der Waals surface area contributed by atoms with Gasteiger partial charge in [-0.05, 0) is 38.0 Å². The minimum atomic E-state index is -0.186. The van der Waals surface area contributed by atoms with Gasteiger partial charge in [-0.3, -0.25) is 4.79 Å². The molecule has 0 radical (unpaired) electrons. The van der Waals surface area contributed by atoms with Crippen LogP contribution in [-0.4, -0.2) is 34.1 Å². The molecular weight excluding hydrogens is 254 g/mol. The van der Waals surface area contributed by atoms with E-state index in [1.54, 1.807) is 12.3 Å². The van der Waals surface area contributed by atoms with Gasteiger partial charge in [0.2, 0.25) is 0 Å². The number of rotatable bonds is 4. The second kappa shape index (κ2) is 5.95. The van der Waals surface area contributed by atoms with E-state index in [1.165, 1.54) is 17.5 Å². The predicted molar refractivity (Wildman–Crippen MR) is 77.9 cm³/mol. The van der Waals surface area contributed by atoms with Crippen molar-refractivity contribution in [2.75, 3.05) is 18.0 Å². The van der Waals surface area contributed by atoms with Crippen molar-refractivity contribution >= 4 is 5.69 Å². The number of aliphatic hydroxyl groups excluding tert-OH is 1. The van der Waals surface area contributed by atoms with Gasteiger partial charge in [-0.25, -0.2) is 4.68 Å². The zero-order chi connectivity index (χ0) is 13.9. The molecule has 1 aromatic heterocycles. The molecule has 0 spiro atoms. The van der Waals surface area contributed by atoms with E-state index in [9.17, 15) is 9.90 Å². The average Bonchev–Trinajstić information content (AvgIpc) is 3.09. The Morgan fingerprint density at radius 2 is 2.05 bits per heavy atom. The molecule has 0 bridgehead atoms. The highest BCUT2D eigenvalue weighted by molar-refractivity contribution is 5.43. The van der Waals surface area contributed by atoms with Crippen LogP contribution in [0.3, 0.4) is 0 Å². The standard InChI is InChI=1S/C15H23N3O2/c19-14-5-3-4-12(14)6-9-18-15(20)10-13(11-16-18)17-7-1-2-8-17/h10-12,14,19H,1-9H2. The number of aryl methyl sites for hydroxylation is 1. The largest absolute Gasteiger partial charge is 0.393 e. The molecule has 1 saturated heterocycles. The van der Waals surface area contributed by atoms with Gasteiger partial charge in [-0.15, -0.1) is 0 Å².